The molecule has 154 valence electrons. The Morgan fingerprint density at radius 3 is 2.17 bits per heavy atom. The Morgan fingerprint density at radius 1 is 1.00 bits per heavy atom. The van der Waals surface area contributed by atoms with E-state index in [0.29, 0.717) is 18.4 Å². The second-order valence-corrected chi connectivity index (χ2v) is 9.46. The van der Waals surface area contributed by atoms with Crippen LogP contribution in [-0.4, -0.2) is 37.5 Å². The largest absolute Gasteiger partial charge is 0.325 e. The number of rotatable bonds is 5. The number of Topliss-reactive ketones (excluding diaryl/α,β-unsaturated/α-hetero) is 1. The summed E-state index contributed by atoms with van der Waals surface area (Å²) in [4.78, 5) is 24.4. The summed E-state index contributed by atoms with van der Waals surface area (Å²) < 4.78 is 27.3. The van der Waals surface area contributed by atoms with Gasteiger partial charge in [-0.1, -0.05) is 30.3 Å². The van der Waals surface area contributed by atoms with Crippen LogP contribution in [0.1, 0.15) is 41.3 Å². The van der Waals surface area contributed by atoms with E-state index in [4.69, 9.17) is 0 Å². The predicted octanol–water partition coefficient (Wildman–Crippen LogP) is 3.55. The molecule has 0 radical (unpaired) electrons. The minimum absolute atomic E-state index is 0.0713. The van der Waals surface area contributed by atoms with Gasteiger partial charge in [-0.05, 0) is 56.9 Å². The van der Waals surface area contributed by atoms with Crippen LogP contribution in [0.25, 0.3) is 0 Å². The topological polar surface area (TPSA) is 83.6 Å². The summed E-state index contributed by atoms with van der Waals surface area (Å²) in [5, 5.41) is 3.01. The molecule has 1 aliphatic rings. The third kappa shape index (κ3) is 4.57. The molecule has 3 rings (SSSR count). The minimum Gasteiger partial charge on any atom is -0.325 e. The molecule has 2 aromatic rings. The number of nitrogens with one attached hydrogen (secondary N) is 1. The van der Waals surface area contributed by atoms with Crippen LogP contribution in [0.15, 0.2) is 47.4 Å². The highest BCUT2D eigenvalue weighted by Gasteiger charge is 2.32. The zero-order valence-corrected chi connectivity index (χ0v) is 17.8. The summed E-state index contributed by atoms with van der Waals surface area (Å²) in [6.45, 7) is 5.86. The van der Waals surface area contributed by atoms with Gasteiger partial charge in [-0.3, -0.25) is 9.59 Å². The van der Waals surface area contributed by atoms with Crippen molar-refractivity contribution < 1.29 is 18.0 Å². The molecule has 1 heterocycles. The lowest BCUT2D eigenvalue weighted by Crippen LogP contribution is -2.41. The number of carbonyl (C=O) groups is 2. The van der Waals surface area contributed by atoms with E-state index >= 15 is 0 Å². The van der Waals surface area contributed by atoms with E-state index in [-0.39, 0.29) is 35.6 Å². The number of anilines is 1. The molecule has 6 nitrogen and oxygen atoms in total. The number of sulfonamides is 1. The Hall–Kier alpha value is -2.51. The van der Waals surface area contributed by atoms with E-state index in [0.717, 1.165) is 16.8 Å². The summed E-state index contributed by atoms with van der Waals surface area (Å²) in [5.74, 6) is -0.481. The normalized spacial score (nSPS) is 15.8. The van der Waals surface area contributed by atoms with Gasteiger partial charge in [-0.15, -0.1) is 0 Å². The Morgan fingerprint density at radius 2 is 1.59 bits per heavy atom. The lowest BCUT2D eigenvalue weighted by molar-refractivity contribution is -0.120. The average molecular weight is 415 g/mol. The van der Waals surface area contributed by atoms with Crippen molar-refractivity contribution in [3.63, 3.8) is 0 Å². The van der Waals surface area contributed by atoms with E-state index in [2.05, 4.69) is 5.32 Å². The van der Waals surface area contributed by atoms with Crippen molar-refractivity contribution >= 4 is 27.4 Å². The number of hydrogen-bond donors (Lipinski definition) is 1. The number of carbonyl (C=O) groups excluding carboxylic acids is 2. The monoisotopic (exact) mass is 414 g/mol. The Balaban J connectivity index is 1.67. The smallest absolute Gasteiger partial charge is 0.243 e. The first kappa shape index (κ1) is 21.2. The van der Waals surface area contributed by atoms with E-state index in [1.54, 1.807) is 12.1 Å². The standard InChI is InChI=1S/C22H26N2O4S/c1-15-6-4-7-16(2)21(15)23-22(26)18-10-12-24(13-11-18)29(27,28)20-9-5-8-19(14-20)17(3)25/h4-9,14,18H,10-13H2,1-3H3,(H,23,26). The lowest BCUT2D eigenvalue weighted by Gasteiger charge is -2.30. The third-order valence-corrected chi connectivity index (χ3v) is 7.33. The van der Waals surface area contributed by atoms with Crippen molar-refractivity contribution in [2.75, 3.05) is 18.4 Å². The van der Waals surface area contributed by atoms with Crippen molar-refractivity contribution in [3.05, 3.63) is 59.2 Å². The first-order chi connectivity index (χ1) is 13.7. The molecule has 7 heteroatoms. The molecule has 2 aromatic carbocycles. The van der Waals surface area contributed by atoms with Crippen LogP contribution in [0, 0.1) is 19.8 Å². The van der Waals surface area contributed by atoms with Crippen molar-refractivity contribution in [1.82, 2.24) is 4.31 Å². The predicted molar refractivity (Wildman–Crippen MR) is 112 cm³/mol. The van der Waals surface area contributed by atoms with Crippen LogP contribution in [0.3, 0.4) is 0 Å². The highest BCUT2D eigenvalue weighted by molar-refractivity contribution is 7.89. The molecule has 1 aliphatic heterocycles. The van der Waals surface area contributed by atoms with Gasteiger partial charge in [0.2, 0.25) is 15.9 Å². The highest BCUT2D eigenvalue weighted by atomic mass is 32.2. The first-order valence-electron chi connectivity index (χ1n) is 9.68. The molecule has 0 aromatic heterocycles. The van der Waals surface area contributed by atoms with E-state index in [9.17, 15) is 18.0 Å². The van der Waals surface area contributed by atoms with Crippen LogP contribution < -0.4 is 5.32 Å². The Labute approximate surface area is 172 Å². The number of hydrogen-bond acceptors (Lipinski definition) is 4. The lowest BCUT2D eigenvalue weighted by atomic mass is 9.96. The maximum Gasteiger partial charge on any atom is 0.243 e. The van der Waals surface area contributed by atoms with Crippen LogP contribution in [0.2, 0.25) is 0 Å². The molecule has 0 unspecified atom stereocenters. The van der Waals surface area contributed by atoms with Gasteiger partial charge in [0.15, 0.2) is 5.78 Å². The van der Waals surface area contributed by atoms with Gasteiger partial charge in [0, 0.05) is 30.3 Å². The van der Waals surface area contributed by atoms with Crippen LogP contribution >= 0.6 is 0 Å². The van der Waals surface area contributed by atoms with Crippen molar-refractivity contribution in [3.8, 4) is 0 Å². The Bertz CT molecular complexity index is 1020. The number of ketones is 1. The van der Waals surface area contributed by atoms with Crippen molar-refractivity contribution in [2.45, 2.75) is 38.5 Å². The maximum atomic E-state index is 12.9. The van der Waals surface area contributed by atoms with Crippen LogP contribution in [0.4, 0.5) is 5.69 Å². The molecule has 0 spiro atoms. The Kier molecular flexibility index (Phi) is 6.19. The molecule has 1 N–H and O–H groups in total. The fourth-order valence-corrected chi connectivity index (χ4v) is 5.14. The zero-order chi connectivity index (χ0) is 21.2. The summed E-state index contributed by atoms with van der Waals surface area (Å²) in [6.07, 6.45) is 0.921. The van der Waals surface area contributed by atoms with Crippen molar-refractivity contribution in [1.29, 1.82) is 0 Å². The average Bonchev–Trinajstić information content (AvgIpc) is 2.71. The number of aryl methyl sites for hydroxylation is 2. The zero-order valence-electron chi connectivity index (χ0n) is 16.9. The number of nitrogens with zero attached hydrogens (tertiary/aromatic N) is 1. The molecule has 0 bridgehead atoms. The molecular weight excluding hydrogens is 388 g/mol. The molecule has 29 heavy (non-hydrogen) atoms. The molecule has 1 saturated heterocycles. The molecular formula is C22H26N2O4S. The fraction of sp³-hybridized carbons (Fsp3) is 0.364. The van der Waals surface area contributed by atoms with E-state index < -0.39 is 10.0 Å². The van der Waals surface area contributed by atoms with E-state index in [1.165, 1.54) is 23.4 Å². The SMILES string of the molecule is CC(=O)c1cccc(S(=O)(=O)N2CCC(C(=O)Nc3c(C)cccc3C)CC2)c1. The van der Waals surface area contributed by atoms with E-state index in [1.807, 2.05) is 32.0 Å². The van der Waals surface area contributed by atoms with Gasteiger partial charge in [0.1, 0.15) is 0 Å². The van der Waals surface area contributed by atoms with Gasteiger partial charge < -0.3 is 5.32 Å². The minimum atomic E-state index is -3.69. The van der Waals surface area contributed by atoms with Gasteiger partial charge in [-0.25, -0.2) is 8.42 Å². The molecule has 0 aliphatic carbocycles. The summed E-state index contributed by atoms with van der Waals surface area (Å²) >= 11 is 0. The first-order valence-corrected chi connectivity index (χ1v) is 11.1. The van der Waals surface area contributed by atoms with Gasteiger partial charge in [0.25, 0.3) is 0 Å². The number of piperidine rings is 1. The quantitative estimate of drug-likeness (QED) is 0.759. The summed E-state index contributed by atoms with van der Waals surface area (Å²) in [6, 6.07) is 11.9. The number of amides is 1. The molecule has 1 fully saturated rings. The third-order valence-electron chi connectivity index (χ3n) is 5.43. The van der Waals surface area contributed by atoms with Crippen LogP contribution in [0.5, 0.6) is 0 Å². The van der Waals surface area contributed by atoms with Gasteiger partial charge >= 0.3 is 0 Å². The highest BCUT2D eigenvalue weighted by Crippen LogP contribution is 2.27. The summed E-state index contributed by atoms with van der Waals surface area (Å²) in [5.41, 5.74) is 3.20. The summed E-state index contributed by atoms with van der Waals surface area (Å²) in [7, 11) is -3.69. The molecule has 0 atom stereocenters. The maximum absolute atomic E-state index is 12.9. The van der Waals surface area contributed by atoms with Gasteiger partial charge in [0.05, 0.1) is 4.90 Å². The van der Waals surface area contributed by atoms with Crippen LogP contribution in [-0.2, 0) is 14.8 Å². The number of para-hydroxylation sites is 1. The number of benzene rings is 2. The second kappa shape index (κ2) is 8.47. The second-order valence-electron chi connectivity index (χ2n) is 7.52. The molecule has 1 amide bonds. The fourth-order valence-electron chi connectivity index (χ4n) is 3.62. The van der Waals surface area contributed by atoms with Crippen molar-refractivity contribution in [2.24, 2.45) is 5.92 Å². The van der Waals surface area contributed by atoms with Gasteiger partial charge in [-0.2, -0.15) is 4.31 Å². The molecule has 0 saturated carbocycles.